The fraction of sp³-hybridized carbons (Fsp3) is 0.650. The third-order valence-corrected chi connectivity index (χ3v) is 4.55. The number of aliphatic hydroxyl groups excluding tert-OH is 1. The number of hydrogen-bond donors (Lipinski definition) is 1. The molecular weight excluding hydrogens is 284 g/mol. The van der Waals surface area contributed by atoms with Gasteiger partial charge in [-0.1, -0.05) is 70.4 Å². The van der Waals surface area contributed by atoms with Crippen molar-refractivity contribution in [2.75, 3.05) is 6.61 Å². The molecule has 1 aromatic carbocycles. The Bertz CT molecular complexity index is 562. The Kier molecular flexibility index (Phi) is 8.16. The summed E-state index contributed by atoms with van der Waals surface area (Å²) in [6, 6.07) is 8.29. The SMILES string of the molecule is CCCCCCCCCCCn1c(CCO)nc2ccccc21. The Morgan fingerprint density at radius 1 is 0.913 bits per heavy atom. The van der Waals surface area contributed by atoms with E-state index in [1.54, 1.807) is 0 Å². The molecule has 0 bridgehead atoms. The van der Waals surface area contributed by atoms with Gasteiger partial charge in [0.05, 0.1) is 17.6 Å². The van der Waals surface area contributed by atoms with Crippen molar-refractivity contribution in [3.63, 3.8) is 0 Å². The van der Waals surface area contributed by atoms with Crippen LogP contribution in [-0.2, 0) is 13.0 Å². The summed E-state index contributed by atoms with van der Waals surface area (Å²) in [6.45, 7) is 3.46. The fourth-order valence-electron chi connectivity index (χ4n) is 3.25. The lowest BCUT2D eigenvalue weighted by molar-refractivity contribution is 0.294. The first-order valence-electron chi connectivity index (χ1n) is 9.41. The normalized spacial score (nSPS) is 11.4. The maximum atomic E-state index is 9.25. The second-order valence-electron chi connectivity index (χ2n) is 6.47. The van der Waals surface area contributed by atoms with E-state index in [0.29, 0.717) is 6.42 Å². The van der Waals surface area contributed by atoms with Crippen LogP contribution in [0.3, 0.4) is 0 Å². The third kappa shape index (κ3) is 5.65. The van der Waals surface area contributed by atoms with Crippen molar-refractivity contribution in [2.45, 2.75) is 77.7 Å². The van der Waals surface area contributed by atoms with Crippen LogP contribution in [0.2, 0.25) is 0 Å². The minimum atomic E-state index is 0.168. The fourth-order valence-corrected chi connectivity index (χ4v) is 3.25. The molecule has 0 radical (unpaired) electrons. The molecule has 3 nitrogen and oxygen atoms in total. The number of fused-ring (bicyclic) bond motifs is 1. The van der Waals surface area contributed by atoms with Crippen molar-refractivity contribution < 1.29 is 5.11 Å². The number of hydrogen-bond acceptors (Lipinski definition) is 2. The van der Waals surface area contributed by atoms with Gasteiger partial charge >= 0.3 is 0 Å². The van der Waals surface area contributed by atoms with E-state index < -0.39 is 0 Å². The smallest absolute Gasteiger partial charge is 0.112 e. The molecule has 0 saturated heterocycles. The van der Waals surface area contributed by atoms with Gasteiger partial charge in [-0.15, -0.1) is 0 Å². The van der Waals surface area contributed by atoms with Crippen LogP contribution in [0.5, 0.6) is 0 Å². The Morgan fingerprint density at radius 2 is 1.57 bits per heavy atom. The van der Waals surface area contributed by atoms with E-state index in [0.717, 1.165) is 17.9 Å². The number of aryl methyl sites for hydroxylation is 1. The van der Waals surface area contributed by atoms with Crippen molar-refractivity contribution in [3.8, 4) is 0 Å². The van der Waals surface area contributed by atoms with Crippen LogP contribution in [0, 0.1) is 0 Å². The Morgan fingerprint density at radius 3 is 2.26 bits per heavy atom. The van der Waals surface area contributed by atoms with Gasteiger partial charge in [0.1, 0.15) is 5.82 Å². The molecule has 0 spiro atoms. The Balaban J connectivity index is 1.75. The van der Waals surface area contributed by atoms with Crippen LogP contribution in [0.15, 0.2) is 24.3 Å². The lowest BCUT2D eigenvalue weighted by atomic mass is 10.1. The summed E-state index contributed by atoms with van der Waals surface area (Å²) < 4.78 is 2.30. The van der Waals surface area contributed by atoms with E-state index in [1.165, 1.54) is 63.3 Å². The van der Waals surface area contributed by atoms with E-state index in [1.807, 2.05) is 6.07 Å². The van der Waals surface area contributed by atoms with E-state index in [9.17, 15) is 5.11 Å². The molecule has 1 heterocycles. The molecule has 1 N–H and O–H groups in total. The number of para-hydroxylation sites is 2. The molecule has 1 aromatic heterocycles. The molecule has 128 valence electrons. The number of aliphatic hydroxyl groups is 1. The van der Waals surface area contributed by atoms with Gasteiger partial charge in [0, 0.05) is 13.0 Å². The minimum Gasteiger partial charge on any atom is -0.396 e. The summed E-state index contributed by atoms with van der Waals surface area (Å²) in [6.07, 6.45) is 12.8. The summed E-state index contributed by atoms with van der Waals surface area (Å²) in [5, 5.41) is 9.25. The zero-order chi connectivity index (χ0) is 16.3. The van der Waals surface area contributed by atoms with Gasteiger partial charge in [0.25, 0.3) is 0 Å². The monoisotopic (exact) mass is 316 g/mol. The van der Waals surface area contributed by atoms with Gasteiger partial charge in [0.15, 0.2) is 0 Å². The van der Waals surface area contributed by atoms with Gasteiger partial charge in [0.2, 0.25) is 0 Å². The molecule has 3 heteroatoms. The number of benzene rings is 1. The lowest BCUT2D eigenvalue weighted by Crippen LogP contribution is -2.06. The number of aromatic nitrogens is 2. The topological polar surface area (TPSA) is 38.0 Å². The zero-order valence-corrected chi connectivity index (χ0v) is 14.6. The van der Waals surface area contributed by atoms with Gasteiger partial charge in [-0.25, -0.2) is 4.98 Å². The van der Waals surface area contributed by atoms with Crippen molar-refractivity contribution in [1.29, 1.82) is 0 Å². The van der Waals surface area contributed by atoms with Crippen LogP contribution in [0.4, 0.5) is 0 Å². The average molecular weight is 316 g/mol. The van der Waals surface area contributed by atoms with Crippen LogP contribution >= 0.6 is 0 Å². The number of unbranched alkanes of at least 4 members (excludes halogenated alkanes) is 8. The van der Waals surface area contributed by atoms with Crippen molar-refractivity contribution in [2.24, 2.45) is 0 Å². The van der Waals surface area contributed by atoms with Gasteiger partial charge < -0.3 is 9.67 Å². The molecule has 2 rings (SSSR count). The summed E-state index contributed by atoms with van der Waals surface area (Å²) in [4.78, 5) is 4.66. The second kappa shape index (κ2) is 10.4. The van der Waals surface area contributed by atoms with E-state index in [4.69, 9.17) is 0 Å². The molecule has 23 heavy (non-hydrogen) atoms. The highest BCUT2D eigenvalue weighted by atomic mass is 16.3. The molecule has 0 amide bonds. The molecule has 0 aliphatic rings. The molecule has 2 aromatic rings. The van der Waals surface area contributed by atoms with E-state index >= 15 is 0 Å². The van der Waals surface area contributed by atoms with Crippen molar-refractivity contribution in [3.05, 3.63) is 30.1 Å². The van der Waals surface area contributed by atoms with Crippen molar-refractivity contribution >= 4 is 11.0 Å². The highest BCUT2D eigenvalue weighted by Crippen LogP contribution is 2.18. The van der Waals surface area contributed by atoms with Gasteiger partial charge in [-0.2, -0.15) is 0 Å². The molecule has 0 fully saturated rings. The number of nitrogens with zero attached hydrogens (tertiary/aromatic N) is 2. The molecule has 0 saturated carbocycles. The third-order valence-electron chi connectivity index (χ3n) is 4.55. The second-order valence-corrected chi connectivity index (χ2v) is 6.47. The summed E-state index contributed by atoms with van der Waals surface area (Å²) in [5.41, 5.74) is 2.25. The first kappa shape index (κ1) is 18.0. The largest absolute Gasteiger partial charge is 0.396 e. The quantitative estimate of drug-likeness (QED) is 0.553. The van der Waals surface area contributed by atoms with Crippen molar-refractivity contribution in [1.82, 2.24) is 9.55 Å². The number of rotatable bonds is 12. The van der Waals surface area contributed by atoms with E-state index in [2.05, 4.69) is 34.7 Å². The zero-order valence-electron chi connectivity index (χ0n) is 14.6. The highest BCUT2D eigenvalue weighted by molar-refractivity contribution is 5.75. The maximum absolute atomic E-state index is 9.25. The minimum absolute atomic E-state index is 0.168. The number of imidazole rings is 1. The maximum Gasteiger partial charge on any atom is 0.112 e. The summed E-state index contributed by atoms with van der Waals surface area (Å²) in [7, 11) is 0. The predicted octanol–water partition coefficient (Wildman–Crippen LogP) is 5.10. The van der Waals surface area contributed by atoms with Crippen LogP contribution < -0.4 is 0 Å². The Hall–Kier alpha value is -1.35. The Labute approximate surface area is 140 Å². The van der Waals surface area contributed by atoms with E-state index in [-0.39, 0.29) is 6.61 Å². The van der Waals surface area contributed by atoms with Crippen LogP contribution in [0.1, 0.15) is 70.5 Å². The summed E-state index contributed by atoms with van der Waals surface area (Å²) >= 11 is 0. The molecule has 0 aliphatic carbocycles. The first-order chi connectivity index (χ1) is 11.4. The molecular formula is C20H32N2O. The van der Waals surface area contributed by atoms with Crippen LogP contribution in [0.25, 0.3) is 11.0 Å². The van der Waals surface area contributed by atoms with Crippen LogP contribution in [-0.4, -0.2) is 21.3 Å². The van der Waals surface area contributed by atoms with Gasteiger partial charge in [-0.3, -0.25) is 0 Å². The lowest BCUT2D eigenvalue weighted by Gasteiger charge is -2.08. The average Bonchev–Trinajstić information content (AvgIpc) is 2.91. The highest BCUT2D eigenvalue weighted by Gasteiger charge is 2.09. The summed E-state index contributed by atoms with van der Waals surface area (Å²) in [5.74, 6) is 1.02. The molecule has 0 atom stereocenters. The predicted molar refractivity (Wildman–Crippen MR) is 97.7 cm³/mol. The van der Waals surface area contributed by atoms with Gasteiger partial charge in [-0.05, 0) is 18.6 Å². The molecule has 0 unspecified atom stereocenters. The molecule has 0 aliphatic heterocycles. The standard InChI is InChI=1S/C20H32N2O/c1-2-3-4-5-6-7-8-9-12-16-22-19-14-11-10-13-18(19)21-20(22)15-17-23/h10-11,13-14,23H,2-9,12,15-17H2,1H3. The first-order valence-corrected chi connectivity index (χ1v) is 9.41.